The molecule has 1 aromatic heterocycles. The van der Waals surface area contributed by atoms with Gasteiger partial charge in [0.1, 0.15) is 17.1 Å². The molecule has 0 fully saturated rings. The van der Waals surface area contributed by atoms with Crippen molar-refractivity contribution in [3.63, 3.8) is 0 Å². The molecule has 0 aliphatic heterocycles. The number of aromatic hydroxyl groups is 1. The van der Waals surface area contributed by atoms with Crippen LogP contribution in [-0.4, -0.2) is 10.0 Å². The van der Waals surface area contributed by atoms with Gasteiger partial charge in [0.05, 0.1) is 10.3 Å². The molecule has 0 amide bonds. The van der Waals surface area contributed by atoms with Crippen molar-refractivity contribution in [1.29, 1.82) is 0 Å². The average molecular weight is 341 g/mol. The molecule has 7 heteroatoms. The highest BCUT2D eigenvalue weighted by molar-refractivity contribution is 5.81. The van der Waals surface area contributed by atoms with Crippen LogP contribution in [0.1, 0.15) is 18.2 Å². The van der Waals surface area contributed by atoms with Gasteiger partial charge in [-0.2, -0.15) is 0 Å². The summed E-state index contributed by atoms with van der Waals surface area (Å²) < 4.78 is 11.1. The van der Waals surface area contributed by atoms with Crippen LogP contribution < -0.4 is 10.2 Å². The molecule has 0 aliphatic rings. The lowest BCUT2D eigenvalue weighted by Crippen LogP contribution is -2.08. The highest BCUT2D eigenvalue weighted by atomic mass is 16.6. The van der Waals surface area contributed by atoms with Crippen molar-refractivity contribution in [2.75, 3.05) is 0 Å². The molecule has 128 valence electrons. The average Bonchev–Trinajstić information content (AvgIpc) is 2.58. The van der Waals surface area contributed by atoms with Gasteiger partial charge in [0, 0.05) is 12.1 Å². The number of para-hydroxylation sites is 2. The quantitative estimate of drug-likeness (QED) is 0.567. The predicted octanol–water partition coefficient (Wildman–Crippen LogP) is 4.07. The summed E-state index contributed by atoms with van der Waals surface area (Å²) in [6, 6.07) is 8.72. The van der Waals surface area contributed by atoms with E-state index in [0.29, 0.717) is 12.0 Å². The summed E-state index contributed by atoms with van der Waals surface area (Å²) in [6.07, 6.45) is 0.537. The van der Waals surface area contributed by atoms with Gasteiger partial charge >= 0.3 is 5.69 Å². The standard InChI is InChI=1S/C18H15NO6/c1-3-11-8-12-16(9-14(11)20)24-10(2)18(17(12)21)25-15-7-5-4-6-13(15)19(22)23/h4-9,20H,3H2,1-2H3. The SMILES string of the molecule is CCc1cc2c(=O)c(Oc3ccccc3[N+](=O)[O-])c(C)oc2cc1O. The molecule has 0 spiro atoms. The van der Waals surface area contributed by atoms with Crippen molar-refractivity contribution < 1.29 is 19.2 Å². The lowest BCUT2D eigenvalue weighted by Gasteiger charge is -2.10. The van der Waals surface area contributed by atoms with Crippen molar-refractivity contribution in [1.82, 2.24) is 0 Å². The van der Waals surface area contributed by atoms with Crippen molar-refractivity contribution in [2.24, 2.45) is 0 Å². The number of nitro benzene ring substituents is 1. The Morgan fingerprint density at radius 3 is 2.68 bits per heavy atom. The Bertz CT molecular complexity index is 1040. The number of benzene rings is 2. The van der Waals surface area contributed by atoms with E-state index in [9.17, 15) is 20.0 Å². The lowest BCUT2D eigenvalue weighted by molar-refractivity contribution is -0.385. The molecule has 3 rings (SSSR count). The van der Waals surface area contributed by atoms with E-state index in [-0.39, 0.29) is 39.7 Å². The van der Waals surface area contributed by atoms with E-state index in [1.807, 2.05) is 6.92 Å². The van der Waals surface area contributed by atoms with Gasteiger partial charge in [-0.25, -0.2) is 0 Å². The predicted molar refractivity (Wildman–Crippen MR) is 91.4 cm³/mol. The molecule has 0 aliphatic carbocycles. The van der Waals surface area contributed by atoms with Crippen LogP contribution in [0.25, 0.3) is 11.0 Å². The molecule has 3 aromatic rings. The molecule has 0 bridgehead atoms. The number of rotatable bonds is 4. The maximum Gasteiger partial charge on any atom is 0.311 e. The van der Waals surface area contributed by atoms with Crippen LogP contribution in [0.3, 0.4) is 0 Å². The summed E-state index contributed by atoms with van der Waals surface area (Å²) in [5.41, 5.74) is 0.125. The molecule has 0 saturated heterocycles. The van der Waals surface area contributed by atoms with Crippen LogP contribution in [-0.2, 0) is 6.42 Å². The Morgan fingerprint density at radius 2 is 2.00 bits per heavy atom. The Kier molecular flexibility index (Phi) is 4.14. The maximum atomic E-state index is 12.8. The molecule has 7 nitrogen and oxygen atoms in total. The van der Waals surface area contributed by atoms with Gasteiger partial charge in [0.2, 0.25) is 16.9 Å². The number of nitrogens with zero attached hydrogens (tertiary/aromatic N) is 1. The van der Waals surface area contributed by atoms with Gasteiger partial charge in [-0.3, -0.25) is 14.9 Å². The zero-order valence-corrected chi connectivity index (χ0v) is 13.6. The number of phenolic OH excluding ortho intramolecular Hbond substituents is 1. The normalized spacial score (nSPS) is 10.8. The van der Waals surface area contributed by atoms with Gasteiger partial charge in [-0.15, -0.1) is 0 Å². The highest BCUT2D eigenvalue weighted by Gasteiger charge is 2.20. The molecular weight excluding hydrogens is 326 g/mol. The van der Waals surface area contributed by atoms with Crippen LogP contribution in [0.15, 0.2) is 45.6 Å². The summed E-state index contributed by atoms with van der Waals surface area (Å²) in [4.78, 5) is 23.3. The Labute approximate surface area is 142 Å². The second kappa shape index (κ2) is 6.27. The molecule has 0 atom stereocenters. The van der Waals surface area contributed by atoms with E-state index in [1.54, 1.807) is 12.1 Å². The van der Waals surface area contributed by atoms with Gasteiger partial charge in [0.15, 0.2) is 0 Å². The topological polar surface area (TPSA) is 103 Å². The molecule has 0 unspecified atom stereocenters. The van der Waals surface area contributed by atoms with Gasteiger partial charge in [-0.05, 0) is 31.0 Å². The molecule has 1 N–H and O–H groups in total. The van der Waals surface area contributed by atoms with Gasteiger partial charge in [-0.1, -0.05) is 19.1 Å². The fourth-order valence-electron chi connectivity index (χ4n) is 2.57. The zero-order chi connectivity index (χ0) is 18.1. The van der Waals surface area contributed by atoms with Crippen LogP contribution in [0.2, 0.25) is 0 Å². The van der Waals surface area contributed by atoms with Crippen molar-refractivity contribution in [3.8, 4) is 17.2 Å². The van der Waals surface area contributed by atoms with Gasteiger partial charge in [0.25, 0.3) is 0 Å². The second-order valence-corrected chi connectivity index (χ2v) is 5.47. The third kappa shape index (κ3) is 2.91. The number of ether oxygens (including phenoxy) is 1. The van der Waals surface area contributed by atoms with Crippen LogP contribution in [0, 0.1) is 17.0 Å². The third-order valence-corrected chi connectivity index (χ3v) is 3.87. The Morgan fingerprint density at radius 1 is 1.28 bits per heavy atom. The monoisotopic (exact) mass is 341 g/mol. The van der Waals surface area contributed by atoms with E-state index < -0.39 is 10.4 Å². The van der Waals surface area contributed by atoms with E-state index in [1.165, 1.54) is 31.2 Å². The number of nitro groups is 1. The third-order valence-electron chi connectivity index (χ3n) is 3.87. The van der Waals surface area contributed by atoms with Crippen molar-refractivity contribution in [2.45, 2.75) is 20.3 Å². The smallest absolute Gasteiger partial charge is 0.311 e. The lowest BCUT2D eigenvalue weighted by atomic mass is 10.1. The largest absolute Gasteiger partial charge is 0.508 e. The first-order valence-corrected chi connectivity index (χ1v) is 7.63. The van der Waals surface area contributed by atoms with E-state index >= 15 is 0 Å². The summed E-state index contributed by atoms with van der Waals surface area (Å²) in [6.45, 7) is 3.37. The fraction of sp³-hybridized carbons (Fsp3) is 0.167. The molecule has 1 heterocycles. The van der Waals surface area contributed by atoms with E-state index in [2.05, 4.69) is 0 Å². The maximum absolute atomic E-state index is 12.8. The molecule has 0 saturated carbocycles. The van der Waals surface area contributed by atoms with Crippen LogP contribution in [0.4, 0.5) is 5.69 Å². The first kappa shape index (κ1) is 16.5. The number of hydrogen-bond donors (Lipinski definition) is 1. The first-order valence-electron chi connectivity index (χ1n) is 7.63. The number of hydrogen-bond acceptors (Lipinski definition) is 6. The van der Waals surface area contributed by atoms with E-state index in [0.717, 1.165) is 0 Å². The molecule has 0 radical (unpaired) electrons. The minimum absolute atomic E-state index is 0.0447. The fourth-order valence-corrected chi connectivity index (χ4v) is 2.57. The summed E-state index contributed by atoms with van der Waals surface area (Å²) in [5, 5.41) is 21.3. The van der Waals surface area contributed by atoms with E-state index in [4.69, 9.17) is 9.15 Å². The first-order chi connectivity index (χ1) is 11.9. The summed E-state index contributed by atoms with van der Waals surface area (Å²) >= 11 is 0. The van der Waals surface area contributed by atoms with Crippen molar-refractivity contribution >= 4 is 16.7 Å². The molecule has 25 heavy (non-hydrogen) atoms. The zero-order valence-electron chi connectivity index (χ0n) is 13.6. The van der Waals surface area contributed by atoms with Gasteiger partial charge < -0.3 is 14.3 Å². The number of phenols is 1. The molecule has 2 aromatic carbocycles. The number of fused-ring (bicyclic) bond motifs is 1. The van der Waals surface area contributed by atoms with Crippen molar-refractivity contribution in [3.05, 3.63) is 68.1 Å². The summed E-state index contributed by atoms with van der Waals surface area (Å²) in [5.74, 6) is 0.0514. The Balaban J connectivity index is 2.19. The highest BCUT2D eigenvalue weighted by Crippen LogP contribution is 2.33. The summed E-state index contributed by atoms with van der Waals surface area (Å²) in [7, 11) is 0. The number of aryl methyl sites for hydroxylation is 2. The van der Waals surface area contributed by atoms with Crippen LogP contribution in [0.5, 0.6) is 17.2 Å². The minimum atomic E-state index is -0.583. The second-order valence-electron chi connectivity index (χ2n) is 5.47. The Hall–Kier alpha value is -3.35. The van der Waals surface area contributed by atoms with Crippen LogP contribution >= 0.6 is 0 Å². The molecular formula is C18H15NO6. The minimum Gasteiger partial charge on any atom is -0.508 e.